The highest BCUT2D eigenvalue weighted by Crippen LogP contribution is 2.35. The SMILES string of the molecule is CN/C(=C\C=N)c1cc(-c2ccccc2F)ncc1Oc1ccc(N(O)SNC2NC=CS2)cc1C#N. The van der Waals surface area contributed by atoms with Crippen molar-refractivity contribution in [1.82, 2.24) is 20.3 Å². The molecule has 0 spiro atoms. The Balaban J connectivity index is 1.63. The van der Waals surface area contributed by atoms with Crippen LogP contribution >= 0.6 is 23.9 Å². The summed E-state index contributed by atoms with van der Waals surface area (Å²) in [7, 11) is 1.69. The fraction of sp³-hybridized carbons (Fsp3) is 0.0800. The zero-order chi connectivity index (χ0) is 26.2. The van der Waals surface area contributed by atoms with Gasteiger partial charge in [-0.25, -0.2) is 9.11 Å². The van der Waals surface area contributed by atoms with E-state index in [0.717, 1.165) is 22.8 Å². The zero-order valence-corrected chi connectivity index (χ0v) is 21.1. The topological polar surface area (TPSA) is 129 Å². The summed E-state index contributed by atoms with van der Waals surface area (Å²) < 4.78 is 24.4. The molecule has 0 radical (unpaired) electrons. The first-order chi connectivity index (χ1) is 18.0. The Hall–Kier alpha value is -4.02. The largest absolute Gasteiger partial charge is 0.454 e. The number of rotatable bonds is 10. The van der Waals surface area contributed by atoms with Crippen LogP contribution in [0.15, 0.2) is 72.4 Å². The van der Waals surface area contributed by atoms with Crippen molar-refractivity contribution in [3.8, 4) is 28.8 Å². The fourth-order valence-electron chi connectivity index (χ4n) is 3.37. The van der Waals surface area contributed by atoms with Crippen molar-refractivity contribution >= 4 is 41.5 Å². The number of halogens is 1. The number of benzene rings is 2. The summed E-state index contributed by atoms with van der Waals surface area (Å²) in [4.78, 5) is 4.37. The number of hydrogen-bond donors (Lipinski definition) is 5. The standard InChI is InChI=1S/C25H22FN7O2S2/c1-29-21(8-9-27)19-13-22(18-4-2-3-5-20(18)26)31-15-24(19)35-23-7-6-17(12-16(23)14-28)33(34)37-32-25-30-10-11-36-25/h2-13,15,25,27,29-30,32,34H,1H3/b21-8-,27-9?. The van der Waals surface area contributed by atoms with E-state index in [4.69, 9.17) is 10.1 Å². The summed E-state index contributed by atoms with van der Waals surface area (Å²) in [6, 6.07) is 14.7. The van der Waals surface area contributed by atoms with Gasteiger partial charge in [-0.15, -0.1) is 0 Å². The average Bonchev–Trinajstić information content (AvgIpc) is 3.45. The van der Waals surface area contributed by atoms with Gasteiger partial charge in [0, 0.05) is 36.3 Å². The van der Waals surface area contributed by atoms with Gasteiger partial charge in [0.2, 0.25) is 0 Å². The van der Waals surface area contributed by atoms with Gasteiger partial charge in [-0.2, -0.15) is 9.73 Å². The Morgan fingerprint density at radius 2 is 2.16 bits per heavy atom. The lowest BCUT2D eigenvalue weighted by molar-refractivity contribution is 0.330. The third-order valence-electron chi connectivity index (χ3n) is 5.13. The van der Waals surface area contributed by atoms with Gasteiger partial charge in [0.05, 0.1) is 35.3 Å². The number of hydrogen-bond acceptors (Lipinski definition) is 11. The minimum atomic E-state index is -0.418. The molecule has 0 saturated carbocycles. The third kappa shape index (κ3) is 6.22. The lowest BCUT2D eigenvalue weighted by Crippen LogP contribution is -2.31. The van der Waals surface area contributed by atoms with Gasteiger partial charge in [0.1, 0.15) is 23.1 Å². The summed E-state index contributed by atoms with van der Waals surface area (Å²) >= 11 is 2.47. The quantitative estimate of drug-likeness (QED) is 0.134. The maximum absolute atomic E-state index is 14.4. The van der Waals surface area contributed by atoms with Gasteiger partial charge in [0.15, 0.2) is 5.75 Å². The molecule has 2 aromatic carbocycles. The van der Waals surface area contributed by atoms with Gasteiger partial charge in [-0.05, 0) is 47.9 Å². The van der Waals surface area contributed by atoms with Gasteiger partial charge in [0.25, 0.3) is 0 Å². The molecule has 0 amide bonds. The van der Waals surface area contributed by atoms with Crippen molar-refractivity contribution < 1.29 is 14.3 Å². The Labute approximate surface area is 221 Å². The maximum Gasteiger partial charge on any atom is 0.155 e. The third-order valence-corrected chi connectivity index (χ3v) is 6.82. The molecule has 1 aliphatic heterocycles. The molecule has 12 heteroatoms. The number of nitrogens with one attached hydrogen (secondary N) is 4. The number of pyridine rings is 1. The highest BCUT2D eigenvalue weighted by Gasteiger charge is 2.18. The molecule has 1 atom stereocenters. The van der Waals surface area contributed by atoms with Crippen LogP contribution < -0.4 is 24.6 Å². The molecule has 9 nitrogen and oxygen atoms in total. The lowest BCUT2D eigenvalue weighted by atomic mass is 10.1. The van der Waals surface area contributed by atoms with E-state index in [0.29, 0.717) is 34.0 Å². The summed E-state index contributed by atoms with van der Waals surface area (Å²) in [6.07, 6.45) is 5.89. The maximum atomic E-state index is 14.4. The number of nitrogens with zero attached hydrogens (tertiary/aromatic N) is 3. The van der Waals surface area contributed by atoms with E-state index in [1.165, 1.54) is 36.2 Å². The van der Waals surface area contributed by atoms with Gasteiger partial charge >= 0.3 is 0 Å². The first-order valence-corrected chi connectivity index (χ1v) is 12.6. The molecule has 1 aliphatic rings. The summed E-state index contributed by atoms with van der Waals surface area (Å²) in [5, 5.41) is 35.6. The number of nitriles is 1. The minimum Gasteiger partial charge on any atom is -0.454 e. The second-order valence-electron chi connectivity index (χ2n) is 7.40. The van der Waals surface area contributed by atoms with Crippen LogP contribution in [0.25, 0.3) is 17.0 Å². The molecule has 4 rings (SSSR count). The highest BCUT2D eigenvalue weighted by atomic mass is 32.2. The molecule has 2 heterocycles. The van der Waals surface area contributed by atoms with Crippen LogP contribution in [0.5, 0.6) is 11.5 Å². The minimum absolute atomic E-state index is 0.0914. The van der Waals surface area contributed by atoms with Crippen LogP contribution in [0.1, 0.15) is 11.1 Å². The van der Waals surface area contributed by atoms with Gasteiger partial charge in [-0.1, -0.05) is 23.9 Å². The Morgan fingerprint density at radius 3 is 2.86 bits per heavy atom. The predicted octanol–water partition coefficient (Wildman–Crippen LogP) is 5.20. The van der Waals surface area contributed by atoms with Crippen molar-refractivity contribution in [3.05, 3.63) is 89.4 Å². The van der Waals surface area contributed by atoms with Crippen LogP contribution in [0.2, 0.25) is 0 Å². The normalized spacial score (nSPS) is 14.5. The van der Waals surface area contributed by atoms with Crippen LogP contribution in [0.4, 0.5) is 10.1 Å². The molecule has 1 unspecified atom stereocenters. The fourth-order valence-corrected chi connectivity index (χ4v) is 4.68. The number of anilines is 1. The van der Waals surface area contributed by atoms with Crippen molar-refractivity contribution in [3.63, 3.8) is 0 Å². The summed E-state index contributed by atoms with van der Waals surface area (Å²) in [6.45, 7) is 0. The summed E-state index contributed by atoms with van der Waals surface area (Å²) in [5.41, 5.74) is 2.21. The first kappa shape index (κ1) is 26.1. The Morgan fingerprint density at radius 1 is 1.32 bits per heavy atom. The molecule has 0 saturated heterocycles. The number of ether oxygens (including phenoxy) is 1. The smallest absolute Gasteiger partial charge is 0.155 e. The molecule has 188 valence electrons. The van der Waals surface area contributed by atoms with E-state index in [9.17, 15) is 14.9 Å². The molecule has 1 aromatic heterocycles. The van der Waals surface area contributed by atoms with Crippen molar-refractivity contribution in [1.29, 1.82) is 10.7 Å². The molecule has 5 N–H and O–H groups in total. The number of aromatic nitrogens is 1. The number of thioether (sulfide) groups is 1. The van der Waals surface area contributed by atoms with Crippen molar-refractivity contribution in [2.45, 2.75) is 5.50 Å². The monoisotopic (exact) mass is 535 g/mol. The van der Waals surface area contributed by atoms with Crippen LogP contribution in [-0.4, -0.2) is 29.0 Å². The number of allylic oxidation sites excluding steroid dienone is 1. The second-order valence-corrected chi connectivity index (χ2v) is 9.18. The van der Waals surface area contributed by atoms with Crippen LogP contribution in [-0.2, 0) is 0 Å². The lowest BCUT2D eigenvalue weighted by Gasteiger charge is -2.19. The average molecular weight is 536 g/mol. The van der Waals surface area contributed by atoms with E-state index in [2.05, 4.69) is 26.4 Å². The molecular formula is C25H22FN7O2S2. The van der Waals surface area contributed by atoms with Crippen LogP contribution in [0, 0.1) is 22.6 Å². The van der Waals surface area contributed by atoms with Crippen molar-refractivity contribution in [2.24, 2.45) is 0 Å². The van der Waals surface area contributed by atoms with E-state index in [-0.39, 0.29) is 16.8 Å². The van der Waals surface area contributed by atoms with Crippen LogP contribution in [0.3, 0.4) is 0 Å². The van der Waals surface area contributed by atoms with Gasteiger partial charge in [-0.3, -0.25) is 10.2 Å². The highest BCUT2D eigenvalue weighted by molar-refractivity contribution is 8.04. The van der Waals surface area contributed by atoms with E-state index in [1.54, 1.807) is 49.6 Å². The molecule has 0 fully saturated rings. The molecular weight excluding hydrogens is 513 g/mol. The Kier molecular flexibility index (Phi) is 8.65. The van der Waals surface area contributed by atoms with E-state index in [1.807, 2.05) is 5.41 Å². The molecule has 37 heavy (non-hydrogen) atoms. The van der Waals surface area contributed by atoms with E-state index < -0.39 is 5.82 Å². The first-order valence-electron chi connectivity index (χ1n) is 10.9. The molecule has 3 aromatic rings. The van der Waals surface area contributed by atoms with Gasteiger partial charge < -0.3 is 20.8 Å². The summed E-state index contributed by atoms with van der Waals surface area (Å²) in [5.74, 6) is 0.112. The van der Waals surface area contributed by atoms with Crippen molar-refractivity contribution in [2.75, 3.05) is 11.5 Å². The molecule has 0 bridgehead atoms. The zero-order valence-electron chi connectivity index (χ0n) is 19.5. The predicted molar refractivity (Wildman–Crippen MR) is 145 cm³/mol. The molecule has 0 aliphatic carbocycles. The Bertz CT molecular complexity index is 1390. The second kappa shape index (κ2) is 12.3. The van der Waals surface area contributed by atoms with E-state index >= 15 is 0 Å².